The summed E-state index contributed by atoms with van der Waals surface area (Å²) in [7, 11) is 0. The average Bonchev–Trinajstić information content (AvgIpc) is 2.40. The van der Waals surface area contributed by atoms with Gasteiger partial charge in [0.05, 0.1) is 5.41 Å². The van der Waals surface area contributed by atoms with Gasteiger partial charge in [0.1, 0.15) is 5.82 Å². The number of carboxylic acid groups (broad SMARTS) is 1. The summed E-state index contributed by atoms with van der Waals surface area (Å²) < 4.78 is 12.7. The van der Waals surface area contributed by atoms with Crippen LogP contribution in [0.2, 0.25) is 0 Å². The van der Waals surface area contributed by atoms with E-state index in [0.717, 1.165) is 0 Å². The Labute approximate surface area is 111 Å². The van der Waals surface area contributed by atoms with Gasteiger partial charge in [-0.15, -0.1) is 0 Å². The lowest BCUT2D eigenvalue weighted by Gasteiger charge is -2.26. The molecule has 0 aliphatic carbocycles. The first-order valence-electron chi connectivity index (χ1n) is 6.22. The zero-order valence-corrected chi connectivity index (χ0v) is 11.1. The number of nitrogens with one attached hydrogen (secondary N) is 1. The summed E-state index contributed by atoms with van der Waals surface area (Å²) in [4.78, 5) is 23.1. The van der Waals surface area contributed by atoms with E-state index in [-0.39, 0.29) is 6.54 Å². The Hall–Kier alpha value is -1.91. The van der Waals surface area contributed by atoms with Crippen LogP contribution < -0.4 is 5.32 Å². The largest absolute Gasteiger partial charge is 0.481 e. The molecule has 0 unspecified atom stereocenters. The topological polar surface area (TPSA) is 66.4 Å². The van der Waals surface area contributed by atoms with Crippen molar-refractivity contribution in [3.05, 3.63) is 35.6 Å². The van der Waals surface area contributed by atoms with Crippen LogP contribution in [0.5, 0.6) is 0 Å². The molecule has 1 aromatic rings. The Morgan fingerprint density at radius 3 is 2.16 bits per heavy atom. The maximum Gasteiger partial charge on any atom is 0.311 e. The molecule has 4 nitrogen and oxygen atoms in total. The minimum atomic E-state index is -0.949. The molecule has 0 atom stereocenters. The lowest BCUT2D eigenvalue weighted by molar-refractivity contribution is -0.149. The lowest BCUT2D eigenvalue weighted by atomic mass is 9.82. The van der Waals surface area contributed by atoms with E-state index in [2.05, 4.69) is 5.32 Å². The Bertz CT molecular complexity index is 452. The monoisotopic (exact) mass is 267 g/mol. The summed E-state index contributed by atoms with van der Waals surface area (Å²) in [6, 6.07) is 5.12. The van der Waals surface area contributed by atoms with Crippen LogP contribution in [-0.4, -0.2) is 23.5 Å². The highest BCUT2D eigenvalue weighted by Crippen LogP contribution is 2.25. The van der Waals surface area contributed by atoms with Crippen molar-refractivity contribution in [2.75, 3.05) is 6.54 Å². The van der Waals surface area contributed by atoms with Crippen LogP contribution in [0.4, 0.5) is 4.39 Å². The molecule has 5 heteroatoms. The molecule has 0 saturated carbocycles. The number of carboxylic acids is 1. The first-order valence-corrected chi connectivity index (χ1v) is 6.22. The molecular formula is C14H18FNO3. The van der Waals surface area contributed by atoms with Crippen molar-refractivity contribution >= 4 is 11.9 Å². The molecule has 1 amide bonds. The number of benzene rings is 1. The van der Waals surface area contributed by atoms with Crippen LogP contribution in [0.25, 0.3) is 0 Å². The average molecular weight is 267 g/mol. The van der Waals surface area contributed by atoms with E-state index < -0.39 is 23.1 Å². The lowest BCUT2D eigenvalue weighted by Crippen LogP contribution is -2.42. The molecule has 1 aromatic carbocycles. The second-order valence-corrected chi connectivity index (χ2v) is 4.48. The molecular weight excluding hydrogens is 249 g/mol. The van der Waals surface area contributed by atoms with Crippen molar-refractivity contribution < 1.29 is 19.1 Å². The highest BCUT2D eigenvalue weighted by atomic mass is 19.1. The van der Waals surface area contributed by atoms with E-state index >= 15 is 0 Å². The van der Waals surface area contributed by atoms with Gasteiger partial charge < -0.3 is 10.4 Å². The number of carbonyl (C=O) groups is 2. The van der Waals surface area contributed by atoms with Gasteiger partial charge in [0, 0.05) is 12.1 Å². The molecule has 0 aliphatic rings. The van der Waals surface area contributed by atoms with Gasteiger partial charge in [-0.1, -0.05) is 13.8 Å². The summed E-state index contributed by atoms with van der Waals surface area (Å²) in [5, 5.41) is 11.8. The number of aliphatic carboxylic acids is 1. The van der Waals surface area contributed by atoms with E-state index in [1.54, 1.807) is 13.8 Å². The third kappa shape index (κ3) is 3.53. The van der Waals surface area contributed by atoms with Crippen molar-refractivity contribution in [3.8, 4) is 0 Å². The van der Waals surface area contributed by atoms with Crippen molar-refractivity contribution in [2.24, 2.45) is 5.41 Å². The second-order valence-electron chi connectivity index (χ2n) is 4.48. The normalized spacial score (nSPS) is 11.1. The molecule has 0 aromatic heterocycles. The van der Waals surface area contributed by atoms with Crippen molar-refractivity contribution in [2.45, 2.75) is 26.7 Å². The highest BCUT2D eigenvalue weighted by molar-refractivity contribution is 5.94. The van der Waals surface area contributed by atoms with Gasteiger partial charge in [-0.05, 0) is 37.1 Å². The predicted octanol–water partition coefficient (Wildman–Crippen LogP) is 2.45. The van der Waals surface area contributed by atoms with Gasteiger partial charge in [-0.25, -0.2) is 4.39 Å². The van der Waals surface area contributed by atoms with Crippen LogP contribution in [0, 0.1) is 11.2 Å². The van der Waals surface area contributed by atoms with E-state index in [1.165, 1.54) is 24.3 Å². The Kier molecular flexibility index (Phi) is 5.03. The fourth-order valence-electron chi connectivity index (χ4n) is 1.83. The predicted molar refractivity (Wildman–Crippen MR) is 69.4 cm³/mol. The zero-order chi connectivity index (χ0) is 14.5. The maximum atomic E-state index is 12.7. The Morgan fingerprint density at radius 1 is 1.21 bits per heavy atom. The fraction of sp³-hybridized carbons (Fsp3) is 0.429. The van der Waals surface area contributed by atoms with Gasteiger partial charge in [0.15, 0.2) is 0 Å². The van der Waals surface area contributed by atoms with Crippen LogP contribution in [0.3, 0.4) is 0 Å². The quantitative estimate of drug-likeness (QED) is 0.832. The van der Waals surface area contributed by atoms with E-state index in [9.17, 15) is 19.1 Å². The smallest absolute Gasteiger partial charge is 0.311 e. The number of amides is 1. The number of rotatable bonds is 6. The minimum absolute atomic E-state index is 0.0611. The number of halogens is 1. The van der Waals surface area contributed by atoms with Crippen LogP contribution >= 0.6 is 0 Å². The first-order chi connectivity index (χ1) is 8.95. The number of hydrogen-bond acceptors (Lipinski definition) is 2. The summed E-state index contributed by atoms with van der Waals surface area (Å²) in [5.74, 6) is -1.73. The van der Waals surface area contributed by atoms with Crippen molar-refractivity contribution in [3.63, 3.8) is 0 Å². The summed E-state index contributed by atoms with van der Waals surface area (Å²) in [6.07, 6.45) is 0.866. The first kappa shape index (κ1) is 15.1. The molecule has 0 saturated heterocycles. The SMILES string of the molecule is CCC(CC)(CNC(=O)c1ccc(F)cc1)C(=O)O. The molecule has 0 spiro atoms. The summed E-state index contributed by atoms with van der Waals surface area (Å²) in [5.41, 5.74) is -0.636. The van der Waals surface area contributed by atoms with E-state index in [1.807, 2.05) is 0 Å². The molecule has 0 bridgehead atoms. The molecule has 0 fully saturated rings. The van der Waals surface area contributed by atoms with Crippen LogP contribution in [0.15, 0.2) is 24.3 Å². The van der Waals surface area contributed by atoms with Gasteiger partial charge in [0.25, 0.3) is 5.91 Å². The third-order valence-corrected chi connectivity index (χ3v) is 3.50. The minimum Gasteiger partial charge on any atom is -0.481 e. The Morgan fingerprint density at radius 2 is 1.74 bits per heavy atom. The molecule has 0 radical (unpaired) electrons. The third-order valence-electron chi connectivity index (χ3n) is 3.50. The number of hydrogen-bond donors (Lipinski definition) is 2. The fourth-order valence-corrected chi connectivity index (χ4v) is 1.83. The molecule has 1 rings (SSSR count). The summed E-state index contributed by atoms with van der Waals surface area (Å²) in [6.45, 7) is 3.62. The Balaban J connectivity index is 2.72. The van der Waals surface area contributed by atoms with Crippen molar-refractivity contribution in [1.82, 2.24) is 5.32 Å². The van der Waals surface area contributed by atoms with Crippen LogP contribution in [0.1, 0.15) is 37.0 Å². The standard InChI is InChI=1S/C14H18FNO3/c1-3-14(4-2,13(18)19)9-16-12(17)10-5-7-11(15)8-6-10/h5-8H,3-4,9H2,1-2H3,(H,16,17)(H,18,19). The molecule has 104 valence electrons. The maximum absolute atomic E-state index is 12.7. The van der Waals surface area contributed by atoms with E-state index in [4.69, 9.17) is 0 Å². The van der Waals surface area contributed by atoms with Crippen LogP contribution in [-0.2, 0) is 4.79 Å². The molecule has 0 aliphatic heterocycles. The summed E-state index contributed by atoms with van der Waals surface area (Å²) >= 11 is 0. The van der Waals surface area contributed by atoms with Gasteiger partial charge >= 0.3 is 5.97 Å². The highest BCUT2D eigenvalue weighted by Gasteiger charge is 2.35. The van der Waals surface area contributed by atoms with E-state index in [0.29, 0.717) is 18.4 Å². The van der Waals surface area contributed by atoms with Gasteiger partial charge in [-0.3, -0.25) is 9.59 Å². The van der Waals surface area contributed by atoms with Crippen molar-refractivity contribution in [1.29, 1.82) is 0 Å². The molecule has 0 heterocycles. The second kappa shape index (κ2) is 6.31. The molecule has 2 N–H and O–H groups in total. The number of carbonyl (C=O) groups excluding carboxylic acids is 1. The molecule has 19 heavy (non-hydrogen) atoms. The van der Waals surface area contributed by atoms with Gasteiger partial charge in [-0.2, -0.15) is 0 Å². The zero-order valence-electron chi connectivity index (χ0n) is 11.1. The van der Waals surface area contributed by atoms with Gasteiger partial charge in [0.2, 0.25) is 0 Å².